The van der Waals surface area contributed by atoms with Gasteiger partial charge in [-0.3, -0.25) is 0 Å². The molecule has 2 aliphatic heterocycles. The summed E-state index contributed by atoms with van der Waals surface area (Å²) in [5, 5.41) is 0. The van der Waals surface area contributed by atoms with E-state index < -0.39 is 0 Å². The molecule has 0 bridgehead atoms. The van der Waals surface area contributed by atoms with Crippen molar-refractivity contribution in [2.24, 2.45) is 4.99 Å². The Bertz CT molecular complexity index is 521. The van der Waals surface area contributed by atoms with Gasteiger partial charge in [0.25, 0.3) is 0 Å². The number of hydrogen-bond acceptors (Lipinski definition) is 5. The van der Waals surface area contributed by atoms with Crippen molar-refractivity contribution in [1.82, 2.24) is 9.80 Å². The summed E-state index contributed by atoms with van der Waals surface area (Å²) in [6.45, 7) is 9.59. The summed E-state index contributed by atoms with van der Waals surface area (Å²) >= 11 is 0. The molecule has 5 heteroatoms. The second-order valence-corrected chi connectivity index (χ2v) is 5.38. The van der Waals surface area contributed by atoms with E-state index in [4.69, 9.17) is 15.5 Å². The van der Waals surface area contributed by atoms with Gasteiger partial charge in [0.15, 0.2) is 6.10 Å². The zero-order valence-electron chi connectivity index (χ0n) is 12.2. The summed E-state index contributed by atoms with van der Waals surface area (Å²) in [5.41, 5.74) is 7.40. The predicted octanol–water partition coefficient (Wildman–Crippen LogP) is 1.72. The molecule has 1 atom stereocenters. The van der Waals surface area contributed by atoms with Gasteiger partial charge in [-0.1, -0.05) is 6.92 Å². The fourth-order valence-corrected chi connectivity index (χ4v) is 2.80. The zero-order valence-corrected chi connectivity index (χ0v) is 12.2. The number of ether oxygens (including phenoxy) is 1. The van der Waals surface area contributed by atoms with E-state index in [9.17, 15) is 0 Å². The lowest BCUT2D eigenvalue weighted by Crippen LogP contribution is -2.52. The Morgan fingerprint density at radius 1 is 1.30 bits per heavy atom. The van der Waals surface area contributed by atoms with Gasteiger partial charge in [0.05, 0.1) is 0 Å². The van der Waals surface area contributed by atoms with Gasteiger partial charge in [0.1, 0.15) is 17.3 Å². The summed E-state index contributed by atoms with van der Waals surface area (Å²) in [5.74, 6) is 1.85. The van der Waals surface area contributed by atoms with Crippen LogP contribution in [-0.4, -0.2) is 54.5 Å². The number of nitrogen functional groups attached to an aromatic ring is 1. The average Bonchev–Trinajstić information content (AvgIpc) is 2.47. The molecule has 0 aliphatic carbocycles. The van der Waals surface area contributed by atoms with Gasteiger partial charge in [-0.25, -0.2) is 4.99 Å². The van der Waals surface area contributed by atoms with E-state index in [0.29, 0.717) is 0 Å². The first kappa shape index (κ1) is 13.2. The number of aliphatic imine (C=N–C) groups is 1. The van der Waals surface area contributed by atoms with Crippen molar-refractivity contribution in [2.45, 2.75) is 20.0 Å². The normalized spacial score (nSPS) is 23.0. The molecule has 0 aromatic heterocycles. The molecule has 1 unspecified atom stereocenters. The number of hydrogen-bond donors (Lipinski definition) is 1. The van der Waals surface area contributed by atoms with Crippen molar-refractivity contribution in [3.63, 3.8) is 0 Å². The molecule has 2 N–H and O–H groups in total. The Labute approximate surface area is 120 Å². The van der Waals surface area contributed by atoms with Gasteiger partial charge < -0.3 is 20.3 Å². The molecule has 0 spiro atoms. The highest BCUT2D eigenvalue weighted by molar-refractivity contribution is 5.91. The molecule has 1 aromatic rings. The van der Waals surface area contributed by atoms with E-state index in [1.807, 2.05) is 18.2 Å². The SMILES string of the molecule is CCN1CCN(C2=Nc3cc(N)ccc3OC2C)CC1. The van der Waals surface area contributed by atoms with E-state index in [-0.39, 0.29) is 6.10 Å². The standard InChI is InChI=1S/C15H22N4O/c1-3-18-6-8-19(9-7-18)15-11(2)20-14-5-4-12(16)10-13(14)17-15/h4-5,10-11H,3,6-9,16H2,1-2H3. The van der Waals surface area contributed by atoms with Gasteiger partial charge in [-0.05, 0) is 31.7 Å². The van der Waals surface area contributed by atoms with E-state index in [2.05, 4.69) is 23.6 Å². The lowest BCUT2D eigenvalue weighted by atomic mass is 10.2. The zero-order chi connectivity index (χ0) is 14.1. The van der Waals surface area contributed by atoms with Gasteiger partial charge in [0, 0.05) is 31.9 Å². The van der Waals surface area contributed by atoms with Gasteiger partial charge >= 0.3 is 0 Å². The fraction of sp³-hybridized carbons (Fsp3) is 0.533. The molecule has 2 aliphatic rings. The van der Waals surface area contributed by atoms with Crippen LogP contribution in [0.3, 0.4) is 0 Å². The van der Waals surface area contributed by atoms with Gasteiger partial charge in [0.2, 0.25) is 0 Å². The second kappa shape index (κ2) is 5.32. The fourth-order valence-electron chi connectivity index (χ4n) is 2.80. The maximum absolute atomic E-state index is 5.96. The number of fused-ring (bicyclic) bond motifs is 1. The number of anilines is 1. The molecule has 0 amide bonds. The van der Waals surface area contributed by atoms with Crippen molar-refractivity contribution >= 4 is 17.2 Å². The third-order valence-electron chi connectivity index (χ3n) is 4.03. The topological polar surface area (TPSA) is 54.1 Å². The first-order valence-electron chi connectivity index (χ1n) is 7.29. The Balaban J connectivity index is 1.82. The van der Waals surface area contributed by atoms with Crippen molar-refractivity contribution < 1.29 is 4.74 Å². The van der Waals surface area contributed by atoms with E-state index in [1.165, 1.54) is 0 Å². The first-order chi connectivity index (χ1) is 9.67. The van der Waals surface area contributed by atoms with Crippen LogP contribution in [-0.2, 0) is 0 Å². The van der Waals surface area contributed by atoms with Crippen LogP contribution in [0, 0.1) is 0 Å². The molecular formula is C15H22N4O. The third-order valence-corrected chi connectivity index (χ3v) is 4.03. The summed E-state index contributed by atoms with van der Waals surface area (Å²) in [4.78, 5) is 9.57. The van der Waals surface area contributed by atoms with Gasteiger partial charge in [-0.2, -0.15) is 0 Å². The average molecular weight is 274 g/mol. The number of nitrogens with zero attached hydrogens (tertiary/aromatic N) is 3. The molecule has 1 fully saturated rings. The minimum absolute atomic E-state index is 0.000647. The van der Waals surface area contributed by atoms with Crippen LogP contribution >= 0.6 is 0 Å². The van der Waals surface area contributed by atoms with Crippen molar-refractivity contribution in [2.75, 3.05) is 38.5 Å². The number of benzene rings is 1. The van der Waals surface area contributed by atoms with Crippen molar-refractivity contribution in [1.29, 1.82) is 0 Å². The maximum atomic E-state index is 5.96. The minimum Gasteiger partial charge on any atom is -0.481 e. The van der Waals surface area contributed by atoms with Crippen LogP contribution < -0.4 is 10.5 Å². The molecule has 3 rings (SSSR count). The van der Waals surface area contributed by atoms with Crippen molar-refractivity contribution in [3.8, 4) is 5.75 Å². The smallest absolute Gasteiger partial charge is 0.153 e. The summed E-state index contributed by atoms with van der Waals surface area (Å²) in [7, 11) is 0. The number of rotatable bonds is 1. The summed E-state index contributed by atoms with van der Waals surface area (Å²) in [6, 6.07) is 5.63. The molecular weight excluding hydrogens is 252 g/mol. The van der Waals surface area contributed by atoms with Crippen LogP contribution in [0.4, 0.5) is 11.4 Å². The number of likely N-dealkylation sites (N-methyl/N-ethyl adjacent to an activating group) is 1. The molecule has 5 nitrogen and oxygen atoms in total. The van der Waals surface area contributed by atoms with Gasteiger partial charge in [-0.15, -0.1) is 0 Å². The lowest BCUT2D eigenvalue weighted by Gasteiger charge is -2.38. The Morgan fingerprint density at radius 2 is 2.05 bits per heavy atom. The maximum Gasteiger partial charge on any atom is 0.153 e. The second-order valence-electron chi connectivity index (χ2n) is 5.38. The predicted molar refractivity (Wildman–Crippen MR) is 81.7 cm³/mol. The van der Waals surface area contributed by atoms with Crippen LogP contribution in [0.15, 0.2) is 23.2 Å². The first-order valence-corrected chi connectivity index (χ1v) is 7.29. The van der Waals surface area contributed by atoms with Crippen LogP contribution in [0.2, 0.25) is 0 Å². The van der Waals surface area contributed by atoms with Crippen molar-refractivity contribution in [3.05, 3.63) is 18.2 Å². The van der Waals surface area contributed by atoms with E-state index >= 15 is 0 Å². The molecule has 1 aromatic carbocycles. The number of piperazine rings is 1. The summed E-state index contributed by atoms with van der Waals surface area (Å²) < 4.78 is 5.96. The highest BCUT2D eigenvalue weighted by Crippen LogP contribution is 2.34. The molecule has 1 saturated heterocycles. The van der Waals surface area contributed by atoms with E-state index in [1.54, 1.807) is 0 Å². The minimum atomic E-state index is -0.000647. The summed E-state index contributed by atoms with van der Waals surface area (Å²) in [6.07, 6.45) is -0.000647. The molecule has 0 saturated carbocycles. The molecule has 20 heavy (non-hydrogen) atoms. The Kier molecular flexibility index (Phi) is 3.53. The van der Waals surface area contributed by atoms with Crippen LogP contribution in [0.25, 0.3) is 0 Å². The van der Waals surface area contributed by atoms with E-state index in [0.717, 1.165) is 55.7 Å². The largest absolute Gasteiger partial charge is 0.481 e. The highest BCUT2D eigenvalue weighted by Gasteiger charge is 2.27. The monoisotopic (exact) mass is 274 g/mol. The number of nitrogens with two attached hydrogens (primary N) is 1. The molecule has 108 valence electrons. The molecule has 2 heterocycles. The van der Waals surface area contributed by atoms with Crippen LogP contribution in [0.1, 0.15) is 13.8 Å². The Hall–Kier alpha value is -1.75. The van der Waals surface area contributed by atoms with Crippen LogP contribution in [0.5, 0.6) is 5.75 Å². The Morgan fingerprint density at radius 3 is 2.75 bits per heavy atom. The number of amidine groups is 1. The quantitative estimate of drug-likeness (QED) is 0.792. The molecule has 0 radical (unpaired) electrons. The third kappa shape index (κ3) is 2.45. The highest BCUT2D eigenvalue weighted by atomic mass is 16.5. The lowest BCUT2D eigenvalue weighted by molar-refractivity contribution is 0.173.